The number of nitrogens with zero attached hydrogens (tertiary/aromatic N) is 2. The molecule has 0 unspecified atom stereocenters. The van der Waals surface area contributed by atoms with Crippen molar-refractivity contribution >= 4 is 17.1 Å². The smallest absolute Gasteiger partial charge is 0.314 e. The molecule has 0 bridgehead atoms. The number of rotatable bonds is 7. The number of amides is 2. The average molecular weight is 348 g/mol. The molecule has 0 atom stereocenters. The number of aryl methyl sites for hydroxylation is 1. The van der Waals surface area contributed by atoms with Crippen LogP contribution in [0.3, 0.4) is 0 Å². The Bertz CT molecular complexity index is 883. The van der Waals surface area contributed by atoms with Gasteiger partial charge in [-0.25, -0.2) is 9.78 Å². The van der Waals surface area contributed by atoms with Gasteiger partial charge in [-0.3, -0.25) is 0 Å². The minimum absolute atomic E-state index is 0.0808. The Morgan fingerprint density at radius 1 is 1.04 bits per heavy atom. The molecule has 3 aromatic rings. The molecule has 1 aliphatic rings. The molecule has 2 amide bonds. The molecule has 5 heteroatoms. The van der Waals surface area contributed by atoms with Crippen molar-refractivity contribution in [1.29, 1.82) is 0 Å². The summed E-state index contributed by atoms with van der Waals surface area (Å²) in [5, 5.41) is 6.00. The van der Waals surface area contributed by atoms with E-state index in [4.69, 9.17) is 0 Å². The minimum atomic E-state index is -0.0808. The number of urea groups is 1. The van der Waals surface area contributed by atoms with Crippen LogP contribution in [0.5, 0.6) is 0 Å². The number of hydrogen-bond acceptors (Lipinski definition) is 2. The normalized spacial score (nSPS) is 14.9. The first-order valence-electron chi connectivity index (χ1n) is 9.24. The van der Waals surface area contributed by atoms with Crippen LogP contribution >= 0.6 is 0 Å². The van der Waals surface area contributed by atoms with Gasteiger partial charge in [0, 0.05) is 25.0 Å². The van der Waals surface area contributed by atoms with Crippen molar-refractivity contribution in [2.75, 3.05) is 13.1 Å². The fraction of sp³-hybridized carbons (Fsp3) is 0.333. The van der Waals surface area contributed by atoms with E-state index in [1.165, 1.54) is 5.56 Å². The summed E-state index contributed by atoms with van der Waals surface area (Å²) in [4.78, 5) is 16.5. The van der Waals surface area contributed by atoms with Gasteiger partial charge in [0.1, 0.15) is 0 Å². The molecule has 1 fully saturated rings. The van der Waals surface area contributed by atoms with Gasteiger partial charge in [0.2, 0.25) is 0 Å². The van der Waals surface area contributed by atoms with E-state index < -0.39 is 0 Å². The number of benzene rings is 2. The SMILES string of the molecule is O=C(NCCCn1cnc2ccccc21)NCC1(c2ccccc2)CC1. The lowest BCUT2D eigenvalue weighted by atomic mass is 9.96. The van der Waals surface area contributed by atoms with Crippen molar-refractivity contribution in [3.63, 3.8) is 0 Å². The van der Waals surface area contributed by atoms with E-state index in [2.05, 4.69) is 50.5 Å². The Morgan fingerprint density at radius 2 is 1.81 bits per heavy atom. The molecule has 26 heavy (non-hydrogen) atoms. The van der Waals surface area contributed by atoms with Crippen molar-refractivity contribution in [3.8, 4) is 0 Å². The minimum Gasteiger partial charge on any atom is -0.338 e. The second-order valence-corrected chi connectivity index (χ2v) is 7.04. The largest absolute Gasteiger partial charge is 0.338 e. The fourth-order valence-electron chi connectivity index (χ4n) is 3.46. The molecule has 0 spiro atoms. The monoisotopic (exact) mass is 348 g/mol. The third-order valence-electron chi connectivity index (χ3n) is 5.22. The van der Waals surface area contributed by atoms with Crippen LogP contribution in [0, 0.1) is 0 Å². The topological polar surface area (TPSA) is 59.0 Å². The Labute approximate surface area is 153 Å². The highest BCUT2D eigenvalue weighted by Gasteiger charge is 2.44. The van der Waals surface area contributed by atoms with Crippen LogP contribution in [0.2, 0.25) is 0 Å². The predicted molar refractivity (Wildman–Crippen MR) is 103 cm³/mol. The number of para-hydroxylation sites is 2. The second kappa shape index (κ2) is 7.20. The summed E-state index contributed by atoms with van der Waals surface area (Å²) < 4.78 is 2.13. The van der Waals surface area contributed by atoms with Gasteiger partial charge < -0.3 is 15.2 Å². The number of hydrogen-bond donors (Lipinski definition) is 2. The molecule has 1 aliphatic carbocycles. The Morgan fingerprint density at radius 3 is 2.62 bits per heavy atom. The quantitative estimate of drug-likeness (QED) is 0.643. The van der Waals surface area contributed by atoms with Crippen molar-refractivity contribution in [1.82, 2.24) is 20.2 Å². The molecule has 134 valence electrons. The summed E-state index contributed by atoms with van der Waals surface area (Å²) in [5.74, 6) is 0. The maximum Gasteiger partial charge on any atom is 0.314 e. The average Bonchev–Trinajstić information content (AvgIpc) is 3.38. The predicted octanol–water partition coefficient (Wildman–Crippen LogP) is 3.46. The molecule has 0 radical (unpaired) electrons. The lowest BCUT2D eigenvalue weighted by Crippen LogP contribution is -2.40. The van der Waals surface area contributed by atoms with Crippen molar-refractivity contribution in [2.24, 2.45) is 0 Å². The summed E-state index contributed by atoms with van der Waals surface area (Å²) in [5.41, 5.74) is 3.62. The molecular formula is C21H24N4O. The molecule has 1 aromatic heterocycles. The zero-order chi connectivity index (χ0) is 17.8. The molecule has 2 aromatic carbocycles. The lowest BCUT2D eigenvalue weighted by Gasteiger charge is -2.17. The number of carbonyl (C=O) groups is 1. The van der Waals surface area contributed by atoms with E-state index in [9.17, 15) is 4.79 Å². The standard InChI is InChI=1S/C21H24N4O/c26-20(23-15-21(11-12-21)17-7-2-1-3-8-17)22-13-6-14-25-16-24-18-9-4-5-10-19(18)25/h1-5,7-10,16H,6,11-15H2,(H2,22,23,26). The molecule has 1 saturated carbocycles. The first-order chi connectivity index (χ1) is 12.8. The van der Waals surface area contributed by atoms with Gasteiger partial charge in [-0.2, -0.15) is 0 Å². The van der Waals surface area contributed by atoms with Crippen LogP contribution in [0.15, 0.2) is 60.9 Å². The zero-order valence-electron chi connectivity index (χ0n) is 14.8. The highest BCUT2D eigenvalue weighted by molar-refractivity contribution is 5.75. The van der Waals surface area contributed by atoms with Gasteiger partial charge in [0.25, 0.3) is 0 Å². The van der Waals surface area contributed by atoms with Crippen LogP contribution in [-0.4, -0.2) is 28.7 Å². The van der Waals surface area contributed by atoms with E-state index in [0.29, 0.717) is 13.1 Å². The Hall–Kier alpha value is -2.82. The van der Waals surface area contributed by atoms with Gasteiger partial charge in [0.15, 0.2) is 0 Å². The van der Waals surface area contributed by atoms with Crippen LogP contribution < -0.4 is 10.6 Å². The Kier molecular flexibility index (Phi) is 4.61. The van der Waals surface area contributed by atoms with Gasteiger partial charge in [-0.1, -0.05) is 42.5 Å². The van der Waals surface area contributed by atoms with Crippen LogP contribution in [-0.2, 0) is 12.0 Å². The first-order valence-corrected chi connectivity index (χ1v) is 9.24. The van der Waals surface area contributed by atoms with Gasteiger partial charge in [0.05, 0.1) is 17.4 Å². The number of imidazole rings is 1. The highest BCUT2D eigenvalue weighted by atomic mass is 16.2. The van der Waals surface area contributed by atoms with Crippen LogP contribution in [0.4, 0.5) is 4.79 Å². The third kappa shape index (κ3) is 3.57. The molecule has 4 rings (SSSR count). The maximum absolute atomic E-state index is 12.1. The van der Waals surface area contributed by atoms with Crippen molar-refractivity contribution in [3.05, 3.63) is 66.5 Å². The van der Waals surface area contributed by atoms with Crippen molar-refractivity contribution < 1.29 is 4.79 Å². The summed E-state index contributed by atoms with van der Waals surface area (Å²) in [6, 6.07) is 18.5. The zero-order valence-corrected chi connectivity index (χ0v) is 14.8. The molecule has 0 saturated heterocycles. The summed E-state index contributed by atoms with van der Waals surface area (Å²) in [6.45, 7) is 2.19. The first kappa shape index (κ1) is 16.6. The van der Waals surface area contributed by atoms with E-state index in [1.54, 1.807) is 0 Å². The van der Waals surface area contributed by atoms with Crippen LogP contribution in [0.25, 0.3) is 11.0 Å². The molecule has 0 aliphatic heterocycles. The third-order valence-corrected chi connectivity index (χ3v) is 5.22. The van der Waals surface area contributed by atoms with Gasteiger partial charge >= 0.3 is 6.03 Å². The second-order valence-electron chi connectivity index (χ2n) is 7.04. The maximum atomic E-state index is 12.1. The van der Waals surface area contributed by atoms with Crippen molar-refractivity contribution in [2.45, 2.75) is 31.2 Å². The molecule has 5 nitrogen and oxygen atoms in total. The van der Waals surface area contributed by atoms with Gasteiger partial charge in [-0.15, -0.1) is 0 Å². The van der Waals surface area contributed by atoms with E-state index in [-0.39, 0.29) is 11.4 Å². The van der Waals surface area contributed by atoms with E-state index >= 15 is 0 Å². The Balaban J connectivity index is 1.20. The number of fused-ring (bicyclic) bond motifs is 1. The highest BCUT2D eigenvalue weighted by Crippen LogP contribution is 2.47. The molecule has 1 heterocycles. The number of nitrogens with one attached hydrogen (secondary N) is 2. The number of carbonyl (C=O) groups excluding carboxylic acids is 1. The van der Waals surface area contributed by atoms with Gasteiger partial charge in [-0.05, 0) is 37.0 Å². The molecule has 2 N–H and O–H groups in total. The fourth-order valence-corrected chi connectivity index (χ4v) is 3.46. The molecular weight excluding hydrogens is 324 g/mol. The summed E-state index contributed by atoms with van der Waals surface area (Å²) >= 11 is 0. The summed E-state index contributed by atoms with van der Waals surface area (Å²) in [6.07, 6.45) is 5.02. The lowest BCUT2D eigenvalue weighted by molar-refractivity contribution is 0.239. The number of aromatic nitrogens is 2. The van der Waals surface area contributed by atoms with Crippen LogP contribution in [0.1, 0.15) is 24.8 Å². The van der Waals surface area contributed by atoms with E-state index in [0.717, 1.165) is 36.8 Å². The summed E-state index contributed by atoms with van der Waals surface area (Å²) in [7, 11) is 0. The van der Waals surface area contributed by atoms with E-state index in [1.807, 2.05) is 30.6 Å².